The molecule has 1 heterocycles. The van der Waals surface area contributed by atoms with Crippen LogP contribution in [-0.2, 0) is 11.3 Å². The van der Waals surface area contributed by atoms with E-state index in [-0.39, 0.29) is 12.6 Å². The molecule has 1 aromatic heterocycles. The van der Waals surface area contributed by atoms with Crippen LogP contribution in [0.2, 0.25) is 0 Å². The van der Waals surface area contributed by atoms with E-state index in [0.717, 1.165) is 16.8 Å². The normalized spacial score (nSPS) is 11.2. The molecule has 2 rings (SSSR count). The molecule has 0 saturated heterocycles. The van der Waals surface area contributed by atoms with Gasteiger partial charge in [-0.1, -0.05) is 18.2 Å². The molecule has 0 unspecified atom stereocenters. The van der Waals surface area contributed by atoms with Gasteiger partial charge in [0.1, 0.15) is 11.4 Å². The zero-order valence-electron chi connectivity index (χ0n) is 14.6. The Morgan fingerprint density at radius 2 is 2.00 bits per heavy atom. The van der Waals surface area contributed by atoms with Crippen molar-refractivity contribution in [3.05, 3.63) is 47.5 Å². The minimum atomic E-state index is -0.535. The highest BCUT2D eigenvalue weighted by Crippen LogP contribution is 2.24. The lowest BCUT2D eigenvalue weighted by molar-refractivity contribution is 0.00696. The zero-order valence-corrected chi connectivity index (χ0v) is 14.6. The third-order valence-electron chi connectivity index (χ3n) is 3.29. The lowest BCUT2D eigenvalue weighted by atomic mass is 10.1. The van der Waals surface area contributed by atoms with Gasteiger partial charge in [-0.25, -0.2) is 9.78 Å². The van der Waals surface area contributed by atoms with E-state index in [2.05, 4.69) is 10.3 Å². The lowest BCUT2D eigenvalue weighted by Crippen LogP contribution is -2.23. The molecule has 0 bridgehead atoms. The Balaban J connectivity index is 2.34. The summed E-state index contributed by atoms with van der Waals surface area (Å²) in [5.41, 5.74) is 2.24. The first kappa shape index (κ1) is 17.9. The third kappa shape index (κ3) is 4.55. The predicted octanol–water partition coefficient (Wildman–Crippen LogP) is 3.63. The van der Waals surface area contributed by atoms with E-state index in [4.69, 9.17) is 4.74 Å². The van der Waals surface area contributed by atoms with Gasteiger partial charge in [-0.05, 0) is 45.9 Å². The monoisotopic (exact) mass is 328 g/mol. The highest BCUT2D eigenvalue weighted by atomic mass is 16.6. The molecule has 1 aromatic carbocycles. The van der Waals surface area contributed by atoms with Crippen LogP contribution in [0.5, 0.6) is 0 Å². The summed E-state index contributed by atoms with van der Waals surface area (Å²) >= 11 is 0. The van der Waals surface area contributed by atoms with E-state index >= 15 is 0 Å². The maximum Gasteiger partial charge on any atom is 0.338 e. The second-order valence-corrected chi connectivity index (χ2v) is 6.48. The van der Waals surface area contributed by atoms with Crippen molar-refractivity contribution in [2.45, 2.75) is 39.9 Å². The van der Waals surface area contributed by atoms with Crippen molar-refractivity contribution < 1.29 is 14.6 Å². The number of carbonyl (C=O) groups is 1. The molecule has 0 amide bonds. The summed E-state index contributed by atoms with van der Waals surface area (Å²) in [6, 6.07) is 10.9. The number of anilines is 1. The maximum atomic E-state index is 12.2. The zero-order chi connectivity index (χ0) is 17.7. The Kier molecular flexibility index (Phi) is 5.57. The number of hydrogen-bond donors (Lipinski definition) is 2. The minimum Gasteiger partial charge on any atom is -0.456 e. The van der Waals surface area contributed by atoms with Crippen molar-refractivity contribution in [1.82, 2.24) is 4.98 Å². The number of rotatable bonds is 5. The number of benzene rings is 1. The van der Waals surface area contributed by atoms with Crippen LogP contribution in [0.3, 0.4) is 0 Å². The molecule has 0 aliphatic heterocycles. The largest absolute Gasteiger partial charge is 0.456 e. The summed E-state index contributed by atoms with van der Waals surface area (Å²) in [5.74, 6) is 0.295. The molecule has 128 valence electrons. The van der Waals surface area contributed by atoms with Crippen LogP contribution >= 0.6 is 0 Å². The summed E-state index contributed by atoms with van der Waals surface area (Å²) in [6.45, 7) is 8.12. The molecule has 0 aliphatic rings. The minimum absolute atomic E-state index is 0.0758. The van der Waals surface area contributed by atoms with E-state index in [0.29, 0.717) is 17.9 Å². The summed E-state index contributed by atoms with van der Waals surface area (Å²) in [4.78, 5) is 16.8. The van der Waals surface area contributed by atoms with Crippen molar-refractivity contribution >= 4 is 11.8 Å². The van der Waals surface area contributed by atoms with Gasteiger partial charge in [0.25, 0.3) is 0 Å². The molecule has 0 radical (unpaired) electrons. The number of ether oxygens (including phenoxy) is 1. The number of pyridine rings is 1. The maximum absolute atomic E-state index is 12.2. The lowest BCUT2D eigenvalue weighted by Gasteiger charge is -2.19. The highest BCUT2D eigenvalue weighted by molar-refractivity contribution is 5.91. The van der Waals surface area contributed by atoms with Crippen LogP contribution < -0.4 is 5.32 Å². The number of nitrogens with one attached hydrogen (secondary N) is 1. The Labute approximate surface area is 142 Å². The molecule has 2 N–H and O–H groups in total. The number of nitrogens with zero attached hydrogens (tertiary/aromatic N) is 1. The van der Waals surface area contributed by atoms with Gasteiger partial charge in [-0.3, -0.25) is 0 Å². The molecule has 5 heteroatoms. The molecule has 0 aliphatic carbocycles. The first-order valence-corrected chi connectivity index (χ1v) is 8.02. The number of aliphatic hydroxyl groups excluding tert-OH is 1. The molecule has 5 nitrogen and oxygen atoms in total. The number of aromatic nitrogens is 1. The van der Waals surface area contributed by atoms with E-state index in [1.165, 1.54) is 0 Å². The molecule has 0 atom stereocenters. The van der Waals surface area contributed by atoms with Crippen LogP contribution in [0.15, 0.2) is 36.4 Å². The first-order chi connectivity index (χ1) is 11.3. The smallest absolute Gasteiger partial charge is 0.338 e. The molecular formula is C19H24N2O3. The van der Waals surface area contributed by atoms with E-state index in [9.17, 15) is 9.90 Å². The average Bonchev–Trinajstić information content (AvgIpc) is 2.53. The second kappa shape index (κ2) is 7.45. The summed E-state index contributed by atoms with van der Waals surface area (Å²) in [5, 5.41) is 12.5. The topological polar surface area (TPSA) is 71.5 Å². The van der Waals surface area contributed by atoms with Gasteiger partial charge in [0.15, 0.2) is 0 Å². The standard InChI is InChI=1S/C19H24N2O3/c1-5-20-17-15(12-22)9-10-16(21-17)13-7-6-8-14(11-13)18(23)24-19(2,3)4/h6-11,22H,5,12H2,1-4H3,(H,20,21). The highest BCUT2D eigenvalue weighted by Gasteiger charge is 2.18. The number of esters is 1. The quantitative estimate of drug-likeness (QED) is 0.820. The van der Waals surface area contributed by atoms with Crippen molar-refractivity contribution in [3.63, 3.8) is 0 Å². The van der Waals surface area contributed by atoms with Crippen molar-refractivity contribution in [2.75, 3.05) is 11.9 Å². The van der Waals surface area contributed by atoms with Gasteiger partial charge >= 0.3 is 5.97 Å². The second-order valence-electron chi connectivity index (χ2n) is 6.48. The van der Waals surface area contributed by atoms with Crippen molar-refractivity contribution in [3.8, 4) is 11.3 Å². The summed E-state index contributed by atoms with van der Waals surface area (Å²) in [7, 11) is 0. The SMILES string of the molecule is CCNc1nc(-c2cccc(C(=O)OC(C)(C)C)c2)ccc1CO. The fourth-order valence-electron chi connectivity index (χ4n) is 2.24. The van der Waals surface area contributed by atoms with E-state index in [1.54, 1.807) is 12.1 Å². The third-order valence-corrected chi connectivity index (χ3v) is 3.29. The fourth-order valence-corrected chi connectivity index (χ4v) is 2.24. The average molecular weight is 328 g/mol. The van der Waals surface area contributed by atoms with Crippen LogP contribution in [0.25, 0.3) is 11.3 Å². The number of carbonyl (C=O) groups excluding carboxylic acids is 1. The Morgan fingerprint density at radius 3 is 2.62 bits per heavy atom. The van der Waals surface area contributed by atoms with Crippen molar-refractivity contribution in [2.24, 2.45) is 0 Å². The Morgan fingerprint density at radius 1 is 1.25 bits per heavy atom. The molecule has 0 saturated carbocycles. The summed E-state index contributed by atoms with van der Waals surface area (Å²) < 4.78 is 5.41. The molecular weight excluding hydrogens is 304 g/mol. The van der Waals surface area contributed by atoms with E-state index in [1.807, 2.05) is 52.0 Å². The van der Waals surface area contributed by atoms with Gasteiger partial charge in [-0.15, -0.1) is 0 Å². The van der Waals surface area contributed by atoms with E-state index < -0.39 is 5.60 Å². The van der Waals surface area contributed by atoms with Gasteiger partial charge < -0.3 is 15.2 Å². The van der Waals surface area contributed by atoms with Crippen LogP contribution in [0.1, 0.15) is 43.6 Å². The molecule has 0 fully saturated rings. The van der Waals surface area contributed by atoms with Crippen LogP contribution in [0.4, 0.5) is 5.82 Å². The van der Waals surface area contributed by atoms with Crippen LogP contribution in [0, 0.1) is 0 Å². The van der Waals surface area contributed by atoms with Gasteiger partial charge in [-0.2, -0.15) is 0 Å². The number of hydrogen-bond acceptors (Lipinski definition) is 5. The summed E-state index contributed by atoms with van der Waals surface area (Å²) in [6.07, 6.45) is 0. The Bertz CT molecular complexity index is 721. The Hall–Kier alpha value is -2.40. The molecule has 0 spiro atoms. The van der Waals surface area contributed by atoms with Crippen molar-refractivity contribution in [1.29, 1.82) is 0 Å². The number of aliphatic hydroxyl groups is 1. The van der Waals surface area contributed by atoms with Gasteiger partial charge in [0.05, 0.1) is 17.9 Å². The molecule has 2 aromatic rings. The first-order valence-electron chi connectivity index (χ1n) is 8.02. The van der Waals surface area contributed by atoms with Gasteiger partial charge in [0, 0.05) is 17.7 Å². The predicted molar refractivity (Wildman–Crippen MR) is 94.9 cm³/mol. The fraction of sp³-hybridized carbons (Fsp3) is 0.368. The van der Waals surface area contributed by atoms with Gasteiger partial charge in [0.2, 0.25) is 0 Å². The van der Waals surface area contributed by atoms with Crippen LogP contribution in [-0.4, -0.2) is 28.2 Å². The molecule has 24 heavy (non-hydrogen) atoms.